The Balaban J connectivity index is 0.000000806. The van der Waals surface area contributed by atoms with E-state index in [1.165, 1.54) is 9.80 Å². The van der Waals surface area contributed by atoms with Gasteiger partial charge in [-0.25, -0.2) is 0 Å². The fourth-order valence-corrected chi connectivity index (χ4v) is 9.45. The first kappa shape index (κ1) is 128. The predicted octanol–water partition coefficient (Wildman–Crippen LogP) is 14.3. The minimum atomic E-state index is -0.193. The number of hydrogen-bond donors (Lipinski definition) is 15. The maximum Gasteiger partial charge on any atom is 0.233 e. The monoisotopic (exact) mass is 2030 g/mol. The SMILES string of the molecule is CCN(C)c1nc(N(C)CC)nc(N(C)CC)n1.CCN(C)c1nc(N(C)CC)nc(N(C)CO)n1.CCN(C)c1nc(N(C)CO)nc(N(C)CO)n1.CCN(C)c1nc(NC)nc(N(C)CC)n1.CCN(C)c1nc(NC)nc(NC)n1.Oc1ccccc1.Oc1ccccc1.Oc1ccccc1.Oc1ccccc1.Oc1ccccc1.Oc1ccccc1.Oc1ccccc1.Oc1ccccc1.Oc1ccccc1. The molecule has 0 bridgehead atoms. The second-order valence-electron chi connectivity index (χ2n) is 30.7. The van der Waals surface area contributed by atoms with Gasteiger partial charge in [0.05, 0.1) is 0 Å². The molecule has 5 aromatic heterocycles. The molecule has 0 radical (unpaired) electrons. The largest absolute Gasteiger partial charge is 0.508 e. The van der Waals surface area contributed by atoms with Crippen molar-refractivity contribution in [1.82, 2.24) is 74.8 Å². The summed E-state index contributed by atoms with van der Waals surface area (Å²) in [6.45, 7) is 25.5. The summed E-state index contributed by atoms with van der Waals surface area (Å²) in [5.41, 5.74) is 0. The first-order valence-electron chi connectivity index (χ1n) is 47.3. The Morgan fingerprint density at radius 2 is 0.252 bits per heavy atom. The van der Waals surface area contributed by atoms with Gasteiger partial charge >= 0.3 is 0 Å². The molecule has 147 heavy (non-hydrogen) atoms. The topological polar surface area (TPSA) is 511 Å². The van der Waals surface area contributed by atoms with Crippen molar-refractivity contribution < 1.29 is 61.3 Å². The average molecular weight is 2030 g/mol. The van der Waals surface area contributed by atoms with Gasteiger partial charge in [0.1, 0.15) is 71.9 Å². The second kappa shape index (κ2) is 76.8. The molecule has 0 aliphatic carbocycles. The molecule has 798 valence electrons. The summed E-state index contributed by atoms with van der Waals surface area (Å²) in [4.78, 5) is 87.1. The van der Waals surface area contributed by atoms with Crippen LogP contribution in [0, 0.1) is 0 Å². The molecule has 0 unspecified atom stereocenters. The van der Waals surface area contributed by atoms with Crippen molar-refractivity contribution in [3.63, 3.8) is 0 Å². The molecule has 15 N–H and O–H groups in total. The van der Waals surface area contributed by atoms with Crippen LogP contribution in [0.15, 0.2) is 273 Å². The van der Waals surface area contributed by atoms with E-state index >= 15 is 0 Å². The number of rotatable bonds is 27. The van der Waals surface area contributed by atoms with Crippen LogP contribution in [-0.2, 0) is 0 Å². The zero-order valence-electron chi connectivity index (χ0n) is 89.4. The van der Waals surface area contributed by atoms with Gasteiger partial charge < -0.3 is 136 Å². The summed E-state index contributed by atoms with van der Waals surface area (Å²) >= 11 is 0. The first-order chi connectivity index (χ1) is 70.5. The zero-order chi connectivity index (χ0) is 110. The molecule has 0 aliphatic rings. The van der Waals surface area contributed by atoms with Crippen LogP contribution in [-0.4, -0.2) is 321 Å². The van der Waals surface area contributed by atoms with E-state index in [0.717, 1.165) is 76.7 Å². The summed E-state index contributed by atoms with van der Waals surface area (Å²) in [5.74, 6) is 11.7. The number of benzene rings is 9. The van der Waals surface area contributed by atoms with Gasteiger partial charge in [-0.15, -0.1) is 0 Å². The van der Waals surface area contributed by atoms with Gasteiger partial charge in [-0.1, -0.05) is 164 Å². The van der Waals surface area contributed by atoms with E-state index in [2.05, 4.69) is 125 Å². The van der Waals surface area contributed by atoms with Gasteiger partial charge in [-0.2, -0.15) is 74.8 Å². The smallest absolute Gasteiger partial charge is 0.233 e. The van der Waals surface area contributed by atoms with Crippen LogP contribution in [0.1, 0.15) is 62.3 Å². The van der Waals surface area contributed by atoms with Gasteiger partial charge in [0.2, 0.25) is 89.2 Å². The van der Waals surface area contributed by atoms with Crippen LogP contribution in [0.25, 0.3) is 0 Å². The van der Waals surface area contributed by atoms with E-state index in [-0.39, 0.29) is 20.2 Å². The minimum Gasteiger partial charge on any atom is -0.508 e. The van der Waals surface area contributed by atoms with Gasteiger partial charge in [0.15, 0.2) is 0 Å². The summed E-state index contributed by atoms with van der Waals surface area (Å²) in [7, 11) is 28.0. The van der Waals surface area contributed by atoms with Crippen LogP contribution in [0.2, 0.25) is 0 Å². The number of anilines is 15. The third-order valence-electron chi connectivity index (χ3n) is 19.5. The van der Waals surface area contributed by atoms with Crippen LogP contribution in [0.4, 0.5) is 89.2 Å². The van der Waals surface area contributed by atoms with Crippen LogP contribution >= 0.6 is 0 Å². The standard InChI is InChI=1S/C12H24N6.C11H22N6O.C10H20N6O2.C10H20N6.C8H16N6.9C6H6O/c1-7-16(4)10-13-11(17(5)8-2)15-12(14-10)18(6)9-3;1-6-15(3)9-12-10(16(4)7-2)14-11(13-9)17(5)8-18;1-5-14(2)8-11-9(15(3)6-17)13-10(12-8)16(4)7-18;1-6-15(4)9-12-8(11-3)13-10(14-9)16(5)7-2;1-5-14(4)8-12-6(9-2)11-7(10-3)13-8;9*7-6-4-2-1-3-5-6/h7-9H2,1-6H3;18H,6-8H2,1-5H3;17-18H,5-7H2,1-4H3;6-7H2,1-5H3,(H,11,12,13,14);5H2,1-4H3,(H2,9,10,11,12,13);9*1-5,7H. The third-order valence-corrected chi connectivity index (χ3v) is 19.5. The lowest BCUT2D eigenvalue weighted by Gasteiger charge is -2.22. The van der Waals surface area contributed by atoms with Crippen molar-refractivity contribution in [2.75, 3.05) is 260 Å². The van der Waals surface area contributed by atoms with Gasteiger partial charge in [0.25, 0.3) is 0 Å². The van der Waals surface area contributed by atoms with Crippen molar-refractivity contribution >= 4 is 89.2 Å². The van der Waals surface area contributed by atoms with E-state index < -0.39 is 0 Å². The average Bonchev–Trinajstić information content (AvgIpc) is 0.831. The molecule has 0 saturated heterocycles. The van der Waals surface area contributed by atoms with Gasteiger partial charge in [-0.05, 0) is 172 Å². The zero-order valence-corrected chi connectivity index (χ0v) is 89.4. The molecule has 5 heterocycles. The normalized spacial score (nSPS) is 9.49. The second-order valence-corrected chi connectivity index (χ2v) is 30.7. The number of phenols is 9. The molecule has 0 spiro atoms. The number of aromatic hydroxyl groups is 9. The molecule has 14 aromatic rings. The van der Waals surface area contributed by atoms with Crippen LogP contribution < -0.4 is 74.7 Å². The summed E-state index contributed by atoms with van der Waals surface area (Å²) in [6.07, 6.45) is 0. The molecule has 42 nitrogen and oxygen atoms in total. The Hall–Kier alpha value is -16.9. The Bertz CT molecular complexity index is 4630. The number of nitrogens with zero attached hydrogens (tertiary/aromatic N) is 27. The van der Waals surface area contributed by atoms with E-state index in [4.69, 9.17) is 61.3 Å². The number of phenolic OH excluding ortho intramolecular Hbond substituents is 9. The molecule has 42 heteroatoms. The number of aliphatic hydroxyl groups excluding tert-OH is 3. The fraction of sp³-hybridized carbons (Fsp3) is 0.343. The van der Waals surface area contributed by atoms with Gasteiger partial charge in [0, 0.05) is 165 Å². The number of aliphatic hydroxyl groups is 3. The van der Waals surface area contributed by atoms with Crippen molar-refractivity contribution in [3.8, 4) is 51.7 Å². The van der Waals surface area contributed by atoms with E-state index in [9.17, 15) is 0 Å². The van der Waals surface area contributed by atoms with E-state index in [1.54, 1.807) is 266 Å². The molecule has 0 amide bonds. The Morgan fingerprint density at radius 1 is 0.156 bits per heavy atom. The fourth-order valence-electron chi connectivity index (χ4n) is 9.45. The number of aromatic nitrogens is 15. The highest BCUT2D eigenvalue weighted by Gasteiger charge is 2.19. The van der Waals surface area contributed by atoms with Gasteiger partial charge in [-0.3, -0.25) is 0 Å². The summed E-state index contributed by atoms with van der Waals surface area (Å²) in [5, 5.41) is 114. The molecular formula is C105H156N30O12. The molecule has 9 aromatic carbocycles. The summed E-state index contributed by atoms with van der Waals surface area (Å²) < 4.78 is 0. The maximum atomic E-state index is 9.16. The van der Waals surface area contributed by atoms with Crippen molar-refractivity contribution in [1.29, 1.82) is 0 Å². The Morgan fingerprint density at radius 3 is 0.340 bits per heavy atom. The lowest BCUT2D eigenvalue weighted by atomic mass is 10.3. The Kier molecular flexibility index (Phi) is 66.9. The summed E-state index contributed by atoms with van der Waals surface area (Å²) in [6, 6.07) is 78.4. The molecule has 0 saturated carbocycles. The van der Waals surface area contributed by atoms with Crippen molar-refractivity contribution in [2.45, 2.75) is 62.3 Å². The maximum absolute atomic E-state index is 9.16. The molecule has 14 rings (SSSR count). The minimum absolute atomic E-state index is 0.130. The first-order valence-corrected chi connectivity index (χ1v) is 47.3. The Labute approximate surface area is 867 Å². The highest BCUT2D eigenvalue weighted by molar-refractivity contribution is 5.50. The highest BCUT2D eigenvalue weighted by Crippen LogP contribution is 2.23. The molecule has 0 atom stereocenters. The third kappa shape index (κ3) is 55.9. The molecule has 0 fully saturated rings. The number of nitrogens with one attached hydrogen (secondary N) is 3. The highest BCUT2D eigenvalue weighted by atomic mass is 16.3. The molecular weight excluding hydrogens is 1870 g/mol. The van der Waals surface area contributed by atoms with Crippen LogP contribution in [0.3, 0.4) is 0 Å². The van der Waals surface area contributed by atoms with E-state index in [1.807, 2.05) is 190 Å². The van der Waals surface area contributed by atoms with E-state index in [0.29, 0.717) is 123 Å². The number of para-hydroxylation sites is 9. The van der Waals surface area contributed by atoms with Crippen LogP contribution in [0.5, 0.6) is 51.7 Å². The number of hydrogen-bond acceptors (Lipinski definition) is 42. The quantitative estimate of drug-likeness (QED) is 0.0213. The lowest BCUT2D eigenvalue weighted by Crippen LogP contribution is -2.28. The van der Waals surface area contributed by atoms with Crippen molar-refractivity contribution in [2.24, 2.45) is 0 Å². The molecule has 0 aliphatic heterocycles. The lowest BCUT2D eigenvalue weighted by molar-refractivity contribution is 0.294. The predicted molar refractivity (Wildman–Crippen MR) is 598 cm³/mol. The van der Waals surface area contributed by atoms with Crippen molar-refractivity contribution in [3.05, 3.63) is 273 Å².